The van der Waals surface area contributed by atoms with Crippen LogP contribution < -0.4 is 16.6 Å². The first kappa shape index (κ1) is 13.7. The quantitative estimate of drug-likeness (QED) is 0.366. The third-order valence-corrected chi connectivity index (χ3v) is 2.32. The second-order valence-electron chi connectivity index (χ2n) is 4.30. The van der Waals surface area contributed by atoms with Gasteiger partial charge in [0.05, 0.1) is 6.61 Å². The number of ether oxygens (including phenoxy) is 1. The summed E-state index contributed by atoms with van der Waals surface area (Å²) < 4.78 is 5.50. The second kappa shape index (κ2) is 7.86. The highest BCUT2D eigenvalue weighted by Crippen LogP contribution is 2.10. The molecule has 5 nitrogen and oxygen atoms in total. The predicted molar refractivity (Wildman–Crippen MR) is 70.8 cm³/mol. The molecule has 0 bridgehead atoms. The largest absolute Gasteiger partial charge is 0.383 e. The van der Waals surface area contributed by atoms with E-state index in [1.165, 1.54) is 0 Å². The van der Waals surface area contributed by atoms with Crippen LogP contribution in [0.25, 0.3) is 0 Å². The number of nitrogens with two attached hydrogens (primary N) is 1. The average molecular weight is 238 g/mol. The summed E-state index contributed by atoms with van der Waals surface area (Å²) in [6.07, 6.45) is 2.81. The maximum absolute atomic E-state index is 5.50. The molecule has 0 aliphatic heterocycles. The smallest absolute Gasteiger partial charge is 0.141 e. The van der Waals surface area contributed by atoms with Gasteiger partial charge in [-0.2, -0.15) is 0 Å². The Balaban J connectivity index is 2.13. The van der Waals surface area contributed by atoms with Gasteiger partial charge in [0.25, 0.3) is 0 Å². The van der Waals surface area contributed by atoms with Crippen LogP contribution in [0.1, 0.15) is 20.3 Å². The molecule has 0 atom stereocenters. The fourth-order valence-corrected chi connectivity index (χ4v) is 1.31. The number of nitrogen functional groups attached to an aromatic ring is 1. The second-order valence-corrected chi connectivity index (χ2v) is 4.30. The van der Waals surface area contributed by atoms with Gasteiger partial charge in [0.15, 0.2) is 0 Å². The fourth-order valence-electron chi connectivity index (χ4n) is 1.31. The summed E-state index contributed by atoms with van der Waals surface area (Å²) in [5, 5.41) is 3.25. The van der Waals surface area contributed by atoms with Gasteiger partial charge in [0.1, 0.15) is 5.82 Å². The number of hydrogen-bond acceptors (Lipinski definition) is 5. The lowest BCUT2D eigenvalue weighted by molar-refractivity contribution is 0.132. The molecule has 0 saturated carbocycles. The van der Waals surface area contributed by atoms with Crippen LogP contribution in [-0.2, 0) is 4.74 Å². The monoisotopic (exact) mass is 238 g/mol. The van der Waals surface area contributed by atoms with Crippen LogP contribution >= 0.6 is 0 Å². The summed E-state index contributed by atoms with van der Waals surface area (Å²) >= 11 is 0. The molecule has 0 aliphatic carbocycles. The molecule has 0 aliphatic rings. The van der Waals surface area contributed by atoms with Gasteiger partial charge in [-0.15, -0.1) is 0 Å². The maximum atomic E-state index is 5.50. The molecular formula is C12H22N4O. The van der Waals surface area contributed by atoms with Gasteiger partial charge in [-0.3, -0.25) is 0 Å². The standard InChI is InChI=1S/C12H22N4O/c1-10(2)4-7-17-8-6-14-11-3-5-15-12(9-11)16-13/h3,5,9-10H,4,6-8,13H2,1-2H3,(H2,14,15,16). The molecule has 0 unspecified atom stereocenters. The van der Waals surface area contributed by atoms with Crippen molar-refractivity contribution in [2.45, 2.75) is 20.3 Å². The van der Waals surface area contributed by atoms with Gasteiger partial charge in [-0.1, -0.05) is 13.8 Å². The Morgan fingerprint density at radius 1 is 1.41 bits per heavy atom. The van der Waals surface area contributed by atoms with E-state index in [2.05, 4.69) is 29.6 Å². The Kier molecular flexibility index (Phi) is 6.35. The summed E-state index contributed by atoms with van der Waals surface area (Å²) in [6.45, 7) is 6.71. The number of hydrogen-bond donors (Lipinski definition) is 3. The zero-order chi connectivity index (χ0) is 12.5. The Bertz CT molecular complexity index is 317. The van der Waals surface area contributed by atoms with Crippen LogP contribution in [0.4, 0.5) is 11.5 Å². The van der Waals surface area contributed by atoms with E-state index in [4.69, 9.17) is 10.6 Å². The SMILES string of the molecule is CC(C)CCOCCNc1ccnc(NN)c1. The van der Waals surface area contributed by atoms with E-state index in [9.17, 15) is 0 Å². The molecule has 0 radical (unpaired) electrons. The molecule has 96 valence electrons. The van der Waals surface area contributed by atoms with Crippen molar-refractivity contribution >= 4 is 11.5 Å². The van der Waals surface area contributed by atoms with Crippen molar-refractivity contribution in [1.29, 1.82) is 0 Å². The topological polar surface area (TPSA) is 72.2 Å². The normalized spacial score (nSPS) is 10.6. The first-order valence-electron chi connectivity index (χ1n) is 5.96. The summed E-state index contributed by atoms with van der Waals surface area (Å²) in [4.78, 5) is 4.03. The first-order valence-corrected chi connectivity index (χ1v) is 5.96. The maximum Gasteiger partial charge on any atom is 0.141 e. The molecule has 0 spiro atoms. The van der Waals surface area contributed by atoms with Crippen LogP contribution in [0, 0.1) is 5.92 Å². The van der Waals surface area contributed by atoms with Crippen molar-refractivity contribution < 1.29 is 4.74 Å². The minimum absolute atomic E-state index is 0.649. The van der Waals surface area contributed by atoms with Crippen LogP contribution in [-0.4, -0.2) is 24.7 Å². The molecule has 0 aromatic carbocycles. The summed E-state index contributed by atoms with van der Waals surface area (Å²) in [5.41, 5.74) is 3.49. The molecule has 0 amide bonds. The molecule has 4 N–H and O–H groups in total. The van der Waals surface area contributed by atoms with Gasteiger partial charge in [-0.25, -0.2) is 10.8 Å². The zero-order valence-corrected chi connectivity index (χ0v) is 10.6. The first-order chi connectivity index (χ1) is 8.22. The van der Waals surface area contributed by atoms with Crippen molar-refractivity contribution in [3.05, 3.63) is 18.3 Å². The minimum Gasteiger partial charge on any atom is -0.383 e. The highest BCUT2D eigenvalue weighted by Gasteiger charge is 1.96. The number of nitrogens with one attached hydrogen (secondary N) is 2. The van der Waals surface area contributed by atoms with Crippen molar-refractivity contribution in [3.63, 3.8) is 0 Å². The van der Waals surface area contributed by atoms with Crippen LogP contribution in [0.15, 0.2) is 18.3 Å². The van der Waals surface area contributed by atoms with Crippen LogP contribution in [0.5, 0.6) is 0 Å². The Morgan fingerprint density at radius 3 is 2.94 bits per heavy atom. The Morgan fingerprint density at radius 2 is 2.24 bits per heavy atom. The molecule has 1 aromatic heterocycles. The van der Waals surface area contributed by atoms with Gasteiger partial charge >= 0.3 is 0 Å². The van der Waals surface area contributed by atoms with Gasteiger partial charge in [-0.05, 0) is 18.4 Å². The van der Waals surface area contributed by atoms with Crippen LogP contribution in [0.3, 0.4) is 0 Å². The van der Waals surface area contributed by atoms with E-state index in [0.717, 1.165) is 25.3 Å². The predicted octanol–water partition coefficient (Wildman–Crippen LogP) is 1.84. The minimum atomic E-state index is 0.649. The summed E-state index contributed by atoms with van der Waals surface area (Å²) in [6, 6.07) is 3.75. The van der Waals surface area contributed by atoms with Crippen molar-refractivity contribution in [2.24, 2.45) is 11.8 Å². The summed E-state index contributed by atoms with van der Waals surface area (Å²) in [5.74, 6) is 6.62. The number of rotatable bonds is 8. The van der Waals surface area contributed by atoms with E-state index in [-0.39, 0.29) is 0 Å². The highest BCUT2D eigenvalue weighted by molar-refractivity contribution is 5.51. The van der Waals surface area contributed by atoms with Gasteiger partial charge in [0, 0.05) is 31.1 Å². The third-order valence-electron chi connectivity index (χ3n) is 2.32. The lowest BCUT2D eigenvalue weighted by Crippen LogP contribution is -2.12. The number of pyridine rings is 1. The van der Waals surface area contributed by atoms with E-state index < -0.39 is 0 Å². The average Bonchev–Trinajstić information content (AvgIpc) is 2.33. The number of nitrogens with zero attached hydrogens (tertiary/aromatic N) is 1. The van der Waals surface area contributed by atoms with Gasteiger partial charge in [0.2, 0.25) is 0 Å². The lowest BCUT2D eigenvalue weighted by Gasteiger charge is -2.09. The van der Waals surface area contributed by atoms with E-state index in [0.29, 0.717) is 18.3 Å². The molecule has 1 rings (SSSR count). The fraction of sp³-hybridized carbons (Fsp3) is 0.583. The van der Waals surface area contributed by atoms with E-state index >= 15 is 0 Å². The molecule has 5 heteroatoms. The molecule has 1 heterocycles. The molecule has 17 heavy (non-hydrogen) atoms. The zero-order valence-electron chi connectivity index (χ0n) is 10.6. The molecule has 0 saturated heterocycles. The Hall–Kier alpha value is -1.33. The van der Waals surface area contributed by atoms with E-state index in [1.54, 1.807) is 6.20 Å². The third kappa shape index (κ3) is 6.09. The van der Waals surface area contributed by atoms with Crippen molar-refractivity contribution in [1.82, 2.24) is 4.98 Å². The Labute approximate surface area is 103 Å². The lowest BCUT2D eigenvalue weighted by atomic mass is 10.1. The number of aromatic nitrogens is 1. The number of hydrazine groups is 1. The van der Waals surface area contributed by atoms with Gasteiger partial charge < -0.3 is 15.5 Å². The highest BCUT2D eigenvalue weighted by atomic mass is 16.5. The molecule has 0 fully saturated rings. The van der Waals surface area contributed by atoms with E-state index in [1.807, 2.05) is 12.1 Å². The molecular weight excluding hydrogens is 216 g/mol. The van der Waals surface area contributed by atoms with Crippen LogP contribution in [0.2, 0.25) is 0 Å². The molecule has 1 aromatic rings. The van der Waals surface area contributed by atoms with Crippen molar-refractivity contribution in [3.8, 4) is 0 Å². The number of anilines is 2. The summed E-state index contributed by atoms with van der Waals surface area (Å²) in [7, 11) is 0. The van der Waals surface area contributed by atoms with Crippen molar-refractivity contribution in [2.75, 3.05) is 30.5 Å².